The van der Waals surface area contributed by atoms with Gasteiger partial charge in [0.2, 0.25) is 0 Å². The number of fused-ring (bicyclic) bond motifs is 1. The van der Waals surface area contributed by atoms with Gasteiger partial charge < -0.3 is 0 Å². The molecule has 0 fully saturated rings. The van der Waals surface area contributed by atoms with E-state index < -0.39 is 11.0 Å². The molecule has 1 unspecified atom stereocenters. The molecule has 0 radical (unpaired) electrons. The molecule has 7 heteroatoms. The fourth-order valence-electron chi connectivity index (χ4n) is 1.50. The van der Waals surface area contributed by atoms with Gasteiger partial charge in [0.05, 0.1) is 6.20 Å². The number of hydrogen-bond donors (Lipinski definition) is 1. The average molecular weight is 234 g/mol. The molecule has 16 heavy (non-hydrogen) atoms. The van der Waals surface area contributed by atoms with Crippen LogP contribution in [0.15, 0.2) is 30.6 Å². The Morgan fingerprint density at radius 2 is 2.31 bits per heavy atom. The zero-order chi connectivity index (χ0) is 11.1. The van der Waals surface area contributed by atoms with Crippen molar-refractivity contribution < 1.29 is 9.00 Å². The van der Waals surface area contributed by atoms with Crippen LogP contribution < -0.4 is 4.72 Å². The summed E-state index contributed by atoms with van der Waals surface area (Å²) in [6.07, 6.45) is 4.49. The standard InChI is InChI=1S/C9H6N4O2S/c14-7-4-8(16(15)12-7)13-9-6(5-11-13)2-1-3-10-9/h1-5H,(H,12,14). The predicted octanol–water partition coefficient (Wildman–Crippen LogP) is 0.0232. The molecule has 0 saturated carbocycles. The van der Waals surface area contributed by atoms with Gasteiger partial charge in [-0.2, -0.15) is 5.10 Å². The highest BCUT2D eigenvalue weighted by atomic mass is 32.2. The lowest BCUT2D eigenvalue weighted by atomic mass is 10.4. The summed E-state index contributed by atoms with van der Waals surface area (Å²) in [5.41, 5.74) is 0.582. The number of carbonyl (C=O) groups is 1. The lowest BCUT2D eigenvalue weighted by Crippen LogP contribution is -2.17. The van der Waals surface area contributed by atoms with Crippen molar-refractivity contribution in [3.8, 4) is 0 Å². The maximum Gasteiger partial charge on any atom is 0.258 e. The number of carbonyl (C=O) groups excluding carboxylic acids is 1. The van der Waals surface area contributed by atoms with Crippen molar-refractivity contribution in [2.24, 2.45) is 0 Å². The highest BCUT2D eigenvalue weighted by molar-refractivity contribution is 7.93. The Morgan fingerprint density at radius 1 is 1.44 bits per heavy atom. The molecule has 0 bridgehead atoms. The van der Waals surface area contributed by atoms with Crippen molar-refractivity contribution >= 4 is 33.0 Å². The minimum atomic E-state index is -1.55. The lowest BCUT2D eigenvalue weighted by Gasteiger charge is -2.00. The highest BCUT2D eigenvalue weighted by Crippen LogP contribution is 2.18. The molecule has 2 aromatic rings. The Bertz CT molecular complexity index is 646. The molecule has 0 spiro atoms. The number of hydrogen-bond acceptors (Lipinski definition) is 4. The molecule has 0 aromatic carbocycles. The van der Waals surface area contributed by atoms with E-state index in [4.69, 9.17) is 0 Å². The normalized spacial score (nSPS) is 19.9. The molecule has 1 N–H and O–H groups in total. The van der Waals surface area contributed by atoms with Crippen LogP contribution in [0, 0.1) is 0 Å². The fraction of sp³-hybridized carbons (Fsp3) is 0. The van der Waals surface area contributed by atoms with E-state index in [1.54, 1.807) is 18.5 Å². The smallest absolute Gasteiger partial charge is 0.258 e. The molecular weight excluding hydrogens is 228 g/mol. The van der Waals surface area contributed by atoms with E-state index in [2.05, 4.69) is 14.8 Å². The minimum Gasteiger partial charge on any atom is -0.269 e. The summed E-state index contributed by atoms with van der Waals surface area (Å²) in [6.45, 7) is 0. The predicted molar refractivity (Wildman–Crippen MR) is 58.1 cm³/mol. The van der Waals surface area contributed by atoms with Crippen molar-refractivity contribution in [2.75, 3.05) is 0 Å². The molecule has 6 nitrogen and oxygen atoms in total. The SMILES string of the molecule is O=C1C=C(n2ncc3cccnc32)S(=O)N1. The third kappa shape index (κ3) is 1.25. The number of rotatable bonds is 1. The Balaban J connectivity index is 2.24. The topological polar surface area (TPSA) is 76.9 Å². The van der Waals surface area contributed by atoms with Crippen molar-refractivity contribution in [2.45, 2.75) is 0 Å². The van der Waals surface area contributed by atoms with Gasteiger partial charge >= 0.3 is 0 Å². The molecule has 1 amide bonds. The van der Waals surface area contributed by atoms with Gasteiger partial charge in [-0.3, -0.25) is 9.52 Å². The van der Waals surface area contributed by atoms with E-state index in [9.17, 15) is 9.00 Å². The van der Waals surface area contributed by atoms with Crippen LogP contribution in [0.1, 0.15) is 0 Å². The largest absolute Gasteiger partial charge is 0.269 e. The molecule has 3 heterocycles. The summed E-state index contributed by atoms with van der Waals surface area (Å²) in [7, 11) is -1.55. The molecule has 2 aromatic heterocycles. The fourth-order valence-corrected chi connectivity index (χ4v) is 2.35. The average Bonchev–Trinajstić information content (AvgIpc) is 2.81. The van der Waals surface area contributed by atoms with E-state index in [1.807, 2.05) is 6.07 Å². The summed E-state index contributed by atoms with van der Waals surface area (Å²) in [5, 5.41) is 5.20. The molecule has 1 atom stereocenters. The second-order valence-corrected chi connectivity index (χ2v) is 4.35. The van der Waals surface area contributed by atoms with E-state index >= 15 is 0 Å². The molecule has 0 aliphatic carbocycles. The first kappa shape index (κ1) is 9.22. The van der Waals surface area contributed by atoms with Gasteiger partial charge in [0.25, 0.3) is 5.91 Å². The lowest BCUT2D eigenvalue weighted by molar-refractivity contribution is -0.114. The van der Waals surface area contributed by atoms with Gasteiger partial charge in [-0.25, -0.2) is 13.9 Å². The van der Waals surface area contributed by atoms with Gasteiger partial charge in [0.15, 0.2) is 21.7 Å². The van der Waals surface area contributed by atoms with Crippen molar-refractivity contribution in [1.82, 2.24) is 19.5 Å². The summed E-state index contributed by atoms with van der Waals surface area (Å²) < 4.78 is 15.2. The third-order valence-corrected chi connectivity index (χ3v) is 3.23. The quantitative estimate of drug-likeness (QED) is 0.754. The third-order valence-electron chi connectivity index (χ3n) is 2.18. The monoisotopic (exact) mass is 234 g/mol. The Morgan fingerprint density at radius 3 is 3.06 bits per heavy atom. The van der Waals surface area contributed by atoms with Crippen LogP contribution in [0.5, 0.6) is 0 Å². The van der Waals surface area contributed by atoms with Crippen LogP contribution in [-0.2, 0) is 15.8 Å². The maximum atomic E-state index is 11.5. The van der Waals surface area contributed by atoms with Crippen molar-refractivity contribution in [1.29, 1.82) is 0 Å². The first-order valence-corrected chi connectivity index (χ1v) is 5.64. The van der Waals surface area contributed by atoms with E-state index in [0.29, 0.717) is 10.7 Å². The van der Waals surface area contributed by atoms with Crippen LogP contribution in [0.2, 0.25) is 0 Å². The number of nitrogens with one attached hydrogen (secondary N) is 1. The van der Waals surface area contributed by atoms with Crippen LogP contribution >= 0.6 is 0 Å². The first-order valence-electron chi connectivity index (χ1n) is 4.49. The molecule has 1 aliphatic heterocycles. The molecule has 1 aliphatic rings. The second-order valence-electron chi connectivity index (χ2n) is 3.19. The molecular formula is C9H6N4O2S. The van der Waals surface area contributed by atoms with Crippen LogP contribution in [0.25, 0.3) is 16.1 Å². The van der Waals surface area contributed by atoms with Gasteiger partial charge in [-0.1, -0.05) is 0 Å². The van der Waals surface area contributed by atoms with Crippen LogP contribution in [0.3, 0.4) is 0 Å². The second kappa shape index (κ2) is 3.24. The Labute approximate surface area is 92.6 Å². The zero-order valence-electron chi connectivity index (χ0n) is 7.95. The summed E-state index contributed by atoms with van der Waals surface area (Å²) in [5.74, 6) is -0.382. The van der Waals surface area contributed by atoms with Gasteiger partial charge in [0, 0.05) is 17.7 Å². The summed E-state index contributed by atoms with van der Waals surface area (Å²) >= 11 is 0. The summed E-state index contributed by atoms with van der Waals surface area (Å²) in [6, 6.07) is 3.64. The minimum absolute atomic E-state index is 0.304. The zero-order valence-corrected chi connectivity index (χ0v) is 8.77. The molecule has 80 valence electrons. The van der Waals surface area contributed by atoms with Crippen LogP contribution in [0.4, 0.5) is 0 Å². The van der Waals surface area contributed by atoms with Gasteiger partial charge in [-0.05, 0) is 12.1 Å². The number of amides is 1. The first-order chi connectivity index (χ1) is 7.75. The number of nitrogens with zero attached hydrogens (tertiary/aromatic N) is 3. The highest BCUT2D eigenvalue weighted by Gasteiger charge is 2.23. The number of pyridine rings is 1. The number of aromatic nitrogens is 3. The Kier molecular flexibility index (Phi) is 1.87. The van der Waals surface area contributed by atoms with E-state index in [0.717, 1.165) is 5.39 Å². The van der Waals surface area contributed by atoms with Gasteiger partial charge in [0.1, 0.15) is 0 Å². The van der Waals surface area contributed by atoms with Crippen LogP contribution in [-0.4, -0.2) is 24.9 Å². The maximum absolute atomic E-state index is 11.5. The van der Waals surface area contributed by atoms with E-state index in [1.165, 1.54) is 10.8 Å². The van der Waals surface area contributed by atoms with Crippen molar-refractivity contribution in [3.05, 3.63) is 30.6 Å². The molecule has 0 saturated heterocycles. The summed E-state index contributed by atoms with van der Waals surface area (Å²) in [4.78, 5) is 15.2. The van der Waals surface area contributed by atoms with Crippen molar-refractivity contribution in [3.63, 3.8) is 0 Å². The van der Waals surface area contributed by atoms with Gasteiger partial charge in [-0.15, -0.1) is 0 Å². The van der Waals surface area contributed by atoms with E-state index in [-0.39, 0.29) is 5.91 Å². The molecule has 3 rings (SSSR count). The Hall–Kier alpha value is -2.02.